The smallest absolute Gasteiger partial charge is 0.298 e. The molecule has 0 atom stereocenters. The number of rotatable bonds is 4. The van der Waals surface area contributed by atoms with Crippen LogP contribution in [-0.2, 0) is 19.0 Å². The molecule has 0 bridgehead atoms. The molecule has 112 valence electrons. The first kappa shape index (κ1) is 15.9. The summed E-state index contributed by atoms with van der Waals surface area (Å²) in [6.07, 6.45) is -4.47. The molecule has 0 aliphatic carbocycles. The molecule has 1 heterocycles. The van der Waals surface area contributed by atoms with E-state index in [0.29, 0.717) is 10.8 Å². The first-order chi connectivity index (χ1) is 9.84. The van der Waals surface area contributed by atoms with Crippen molar-refractivity contribution in [2.24, 2.45) is 7.05 Å². The molecule has 3 nitrogen and oxygen atoms in total. The van der Waals surface area contributed by atoms with Crippen LogP contribution in [0.25, 0.3) is 0 Å². The van der Waals surface area contributed by atoms with Crippen LogP contribution in [-0.4, -0.2) is 16.1 Å². The summed E-state index contributed by atoms with van der Waals surface area (Å²) in [6, 6.07) is 7.02. The third-order valence-corrected chi connectivity index (χ3v) is 4.32. The molecule has 1 aromatic carbocycles. The topological polar surface area (TPSA) is 34.9 Å². The lowest BCUT2D eigenvalue weighted by Crippen LogP contribution is -2.09. The monoisotopic (exact) mass is 334 g/mol. The quantitative estimate of drug-likeness (QED) is 0.621. The molecular formula is C13H10ClF3N2OS. The van der Waals surface area contributed by atoms with E-state index in [0.717, 1.165) is 22.0 Å². The third-order valence-electron chi connectivity index (χ3n) is 2.74. The van der Waals surface area contributed by atoms with Crippen molar-refractivity contribution in [1.29, 1.82) is 0 Å². The van der Waals surface area contributed by atoms with E-state index in [1.807, 2.05) is 0 Å². The number of halogens is 4. The van der Waals surface area contributed by atoms with Crippen molar-refractivity contribution in [3.8, 4) is 0 Å². The second-order valence-electron chi connectivity index (χ2n) is 4.19. The van der Waals surface area contributed by atoms with E-state index in [2.05, 4.69) is 5.10 Å². The number of aromatic nitrogens is 2. The van der Waals surface area contributed by atoms with Gasteiger partial charge in [0.1, 0.15) is 5.03 Å². The van der Waals surface area contributed by atoms with Gasteiger partial charge in [0.15, 0.2) is 12.0 Å². The summed E-state index contributed by atoms with van der Waals surface area (Å²) in [4.78, 5) is 11.0. The number of alkyl halides is 3. The lowest BCUT2D eigenvalue weighted by Gasteiger charge is -2.05. The summed E-state index contributed by atoms with van der Waals surface area (Å²) in [5.41, 5.74) is -0.834. The van der Waals surface area contributed by atoms with E-state index in [-0.39, 0.29) is 11.3 Å². The maximum absolute atomic E-state index is 12.8. The van der Waals surface area contributed by atoms with Crippen molar-refractivity contribution < 1.29 is 18.0 Å². The highest BCUT2D eigenvalue weighted by Crippen LogP contribution is 2.36. The van der Waals surface area contributed by atoms with Gasteiger partial charge in [-0.2, -0.15) is 18.3 Å². The molecule has 1 aromatic heterocycles. The van der Waals surface area contributed by atoms with Gasteiger partial charge in [-0.1, -0.05) is 29.8 Å². The zero-order valence-corrected chi connectivity index (χ0v) is 12.4. The van der Waals surface area contributed by atoms with Crippen LogP contribution in [0.15, 0.2) is 29.3 Å². The Morgan fingerprint density at radius 3 is 2.62 bits per heavy atom. The van der Waals surface area contributed by atoms with E-state index in [1.54, 1.807) is 24.3 Å². The number of aldehydes is 1. The van der Waals surface area contributed by atoms with Crippen molar-refractivity contribution in [3.05, 3.63) is 46.1 Å². The maximum Gasteiger partial charge on any atom is 0.435 e. The minimum Gasteiger partial charge on any atom is -0.298 e. The molecule has 2 rings (SSSR count). The standard InChI is InChI=1S/C13H10ClF3N2OS/c1-19-12(9(6-20)11(18-19)13(15,16)17)21-7-8-4-2-3-5-10(8)14/h2-6H,7H2,1H3. The summed E-state index contributed by atoms with van der Waals surface area (Å²) in [5.74, 6) is 0.345. The number of thioether (sulfide) groups is 1. The van der Waals surface area contributed by atoms with Crippen LogP contribution >= 0.6 is 23.4 Å². The Morgan fingerprint density at radius 2 is 2.05 bits per heavy atom. The van der Waals surface area contributed by atoms with E-state index in [4.69, 9.17) is 11.6 Å². The van der Waals surface area contributed by atoms with Gasteiger partial charge in [0.25, 0.3) is 0 Å². The Bertz CT molecular complexity index is 670. The second kappa shape index (κ2) is 6.11. The van der Waals surface area contributed by atoms with E-state index < -0.39 is 17.4 Å². The number of carbonyl (C=O) groups excluding carboxylic acids is 1. The first-order valence-corrected chi connectivity index (χ1v) is 7.16. The molecule has 0 saturated heterocycles. The average Bonchev–Trinajstić information content (AvgIpc) is 2.74. The van der Waals surface area contributed by atoms with Gasteiger partial charge in [-0.25, -0.2) is 0 Å². The van der Waals surface area contributed by atoms with Gasteiger partial charge < -0.3 is 0 Å². The van der Waals surface area contributed by atoms with Gasteiger partial charge in [0, 0.05) is 17.8 Å². The predicted molar refractivity (Wildman–Crippen MR) is 74.6 cm³/mol. The van der Waals surface area contributed by atoms with Crippen LogP contribution in [0.5, 0.6) is 0 Å². The molecule has 0 amide bonds. The van der Waals surface area contributed by atoms with Crippen LogP contribution in [0.4, 0.5) is 13.2 Å². The van der Waals surface area contributed by atoms with Gasteiger partial charge in [-0.3, -0.25) is 9.48 Å². The molecule has 0 radical (unpaired) electrons. The van der Waals surface area contributed by atoms with Gasteiger partial charge in [0.05, 0.1) is 5.56 Å². The minimum atomic E-state index is -4.66. The number of carbonyl (C=O) groups is 1. The lowest BCUT2D eigenvalue weighted by atomic mass is 10.2. The van der Waals surface area contributed by atoms with Gasteiger partial charge in [-0.05, 0) is 11.6 Å². The van der Waals surface area contributed by atoms with Crippen LogP contribution < -0.4 is 0 Å². The number of benzene rings is 1. The summed E-state index contributed by atoms with van der Waals surface area (Å²) >= 11 is 7.08. The Labute approximate surface area is 128 Å². The zero-order chi connectivity index (χ0) is 15.6. The Hall–Kier alpha value is -1.47. The van der Waals surface area contributed by atoms with Crippen molar-refractivity contribution in [3.63, 3.8) is 0 Å². The van der Waals surface area contributed by atoms with Crippen molar-refractivity contribution in [1.82, 2.24) is 9.78 Å². The molecule has 21 heavy (non-hydrogen) atoms. The average molecular weight is 335 g/mol. The predicted octanol–water partition coefficient (Wildman–Crippen LogP) is 4.20. The zero-order valence-electron chi connectivity index (χ0n) is 10.8. The van der Waals surface area contributed by atoms with Crippen LogP contribution in [0.3, 0.4) is 0 Å². The Kier molecular flexibility index (Phi) is 4.63. The van der Waals surface area contributed by atoms with Crippen LogP contribution in [0.1, 0.15) is 21.6 Å². The molecule has 0 saturated carbocycles. The maximum atomic E-state index is 12.8. The molecule has 0 spiro atoms. The molecule has 2 aromatic rings. The fourth-order valence-corrected chi connectivity index (χ4v) is 3.13. The lowest BCUT2D eigenvalue weighted by molar-refractivity contribution is -0.141. The highest BCUT2D eigenvalue weighted by atomic mass is 35.5. The van der Waals surface area contributed by atoms with Gasteiger partial charge >= 0.3 is 6.18 Å². The largest absolute Gasteiger partial charge is 0.435 e. The van der Waals surface area contributed by atoms with Gasteiger partial charge in [0.2, 0.25) is 0 Å². The van der Waals surface area contributed by atoms with Crippen LogP contribution in [0.2, 0.25) is 5.02 Å². The highest BCUT2D eigenvalue weighted by molar-refractivity contribution is 7.98. The van der Waals surface area contributed by atoms with Crippen molar-refractivity contribution in [2.45, 2.75) is 17.0 Å². The molecule has 0 fully saturated rings. The Balaban J connectivity index is 2.31. The molecule has 0 aliphatic heterocycles. The van der Waals surface area contributed by atoms with Gasteiger partial charge in [-0.15, -0.1) is 11.8 Å². The fraction of sp³-hybridized carbons (Fsp3) is 0.231. The molecule has 0 N–H and O–H groups in total. The van der Waals surface area contributed by atoms with Crippen molar-refractivity contribution in [2.75, 3.05) is 0 Å². The van der Waals surface area contributed by atoms with Crippen LogP contribution in [0, 0.1) is 0 Å². The third kappa shape index (κ3) is 3.41. The number of hydrogen-bond acceptors (Lipinski definition) is 3. The van der Waals surface area contributed by atoms with E-state index in [1.165, 1.54) is 7.05 Å². The summed E-state index contributed by atoms with van der Waals surface area (Å²) in [7, 11) is 1.37. The molecule has 0 aliphatic rings. The van der Waals surface area contributed by atoms with E-state index >= 15 is 0 Å². The van der Waals surface area contributed by atoms with E-state index in [9.17, 15) is 18.0 Å². The Morgan fingerprint density at radius 1 is 1.38 bits per heavy atom. The number of hydrogen-bond donors (Lipinski definition) is 0. The fourth-order valence-electron chi connectivity index (χ4n) is 1.77. The molecular weight excluding hydrogens is 325 g/mol. The normalized spacial score (nSPS) is 11.7. The number of nitrogens with zero attached hydrogens (tertiary/aromatic N) is 2. The number of aryl methyl sites for hydroxylation is 1. The summed E-state index contributed by atoms with van der Waals surface area (Å²) in [5, 5.41) is 4.08. The SMILES string of the molecule is Cn1nc(C(F)(F)F)c(C=O)c1SCc1ccccc1Cl. The molecule has 0 unspecified atom stereocenters. The highest BCUT2D eigenvalue weighted by Gasteiger charge is 2.38. The van der Waals surface area contributed by atoms with Crippen molar-refractivity contribution >= 4 is 29.6 Å². The minimum absolute atomic E-state index is 0.164. The first-order valence-electron chi connectivity index (χ1n) is 5.80. The summed E-state index contributed by atoms with van der Waals surface area (Å²) < 4.78 is 39.4. The second-order valence-corrected chi connectivity index (χ2v) is 5.56. The molecule has 8 heteroatoms. The summed E-state index contributed by atoms with van der Waals surface area (Å²) in [6.45, 7) is 0.